The van der Waals surface area contributed by atoms with Crippen molar-refractivity contribution >= 4 is 29.1 Å². The number of nitrogens with two attached hydrogens (primary N) is 1. The first-order valence-electron chi connectivity index (χ1n) is 11.8. The molecular weight excluding hydrogens is 483 g/mol. The number of nitrogens with zero attached hydrogens (tertiary/aromatic N) is 3. The molecule has 0 aliphatic carbocycles. The molecule has 11 heteroatoms. The second-order valence-corrected chi connectivity index (χ2v) is 8.83. The van der Waals surface area contributed by atoms with Crippen LogP contribution in [0.2, 0.25) is 0 Å². The van der Waals surface area contributed by atoms with Crippen molar-refractivity contribution in [2.45, 2.75) is 6.18 Å². The Bertz CT molecular complexity index is 1240. The maximum absolute atomic E-state index is 13.2. The largest absolute Gasteiger partial charge is 0.418 e. The van der Waals surface area contributed by atoms with Gasteiger partial charge in [-0.1, -0.05) is 24.3 Å². The number of aliphatic imine (C=N–C) groups is 1. The second-order valence-electron chi connectivity index (χ2n) is 8.83. The number of guanidine groups is 1. The van der Waals surface area contributed by atoms with Gasteiger partial charge in [-0.25, -0.2) is 4.98 Å². The fourth-order valence-corrected chi connectivity index (χ4v) is 3.96. The van der Waals surface area contributed by atoms with E-state index in [1.54, 1.807) is 12.3 Å². The van der Waals surface area contributed by atoms with Crippen molar-refractivity contribution < 1.29 is 22.9 Å². The highest BCUT2D eigenvalue weighted by Gasteiger charge is 2.33. The van der Waals surface area contributed by atoms with E-state index in [-0.39, 0.29) is 17.6 Å². The maximum Gasteiger partial charge on any atom is 0.418 e. The number of anilines is 2. The molecule has 2 heterocycles. The highest BCUT2D eigenvalue weighted by molar-refractivity contribution is 5.94. The predicted octanol–water partition coefficient (Wildman–Crippen LogP) is 3.43. The molecule has 1 aliphatic rings. The topological polar surface area (TPSA) is 100 Å². The molecule has 1 aromatic heterocycles. The zero-order valence-corrected chi connectivity index (χ0v) is 20.3. The Morgan fingerprint density at radius 1 is 0.973 bits per heavy atom. The van der Waals surface area contributed by atoms with Gasteiger partial charge in [-0.15, -0.1) is 0 Å². The van der Waals surface area contributed by atoms with Gasteiger partial charge in [0.2, 0.25) is 5.91 Å². The number of hydrogen-bond donors (Lipinski definition) is 3. The van der Waals surface area contributed by atoms with E-state index in [0.717, 1.165) is 43.4 Å². The summed E-state index contributed by atoms with van der Waals surface area (Å²) in [7, 11) is 2.08. The Morgan fingerprint density at radius 2 is 1.65 bits per heavy atom. The molecule has 8 nitrogen and oxygen atoms in total. The fourth-order valence-electron chi connectivity index (χ4n) is 3.96. The molecule has 37 heavy (non-hydrogen) atoms. The van der Waals surface area contributed by atoms with Crippen LogP contribution in [0, 0.1) is 0 Å². The Kier molecular flexibility index (Phi) is 8.04. The first-order chi connectivity index (χ1) is 17.7. The van der Waals surface area contributed by atoms with Crippen molar-refractivity contribution in [3.63, 3.8) is 0 Å². The lowest BCUT2D eigenvalue weighted by atomic mass is 10.1. The van der Waals surface area contributed by atoms with Gasteiger partial charge in [-0.05, 0) is 47.9 Å². The molecule has 5 N–H and O–H groups in total. The SMILES string of the molecule is CN1CCN(CC(=O)Nc2ccc(-c3ccc(N=C(N)Nc4ccccc4C(F)(F)F)[nH+]c3)cc2)CC1. The number of aromatic nitrogens is 1. The number of para-hydroxylation sites is 1. The second kappa shape index (κ2) is 11.4. The van der Waals surface area contributed by atoms with Gasteiger partial charge in [0, 0.05) is 43.5 Å². The van der Waals surface area contributed by atoms with E-state index in [4.69, 9.17) is 5.73 Å². The van der Waals surface area contributed by atoms with E-state index in [0.29, 0.717) is 18.1 Å². The number of hydrogen-bond acceptors (Lipinski definition) is 4. The lowest BCUT2D eigenvalue weighted by Gasteiger charge is -2.31. The minimum Gasteiger partial charge on any atom is -0.348 e. The van der Waals surface area contributed by atoms with Crippen LogP contribution < -0.4 is 21.4 Å². The lowest BCUT2D eigenvalue weighted by molar-refractivity contribution is -0.361. The number of halogens is 3. The minimum absolute atomic E-state index is 0.0445. The van der Waals surface area contributed by atoms with E-state index in [1.807, 2.05) is 30.3 Å². The Labute approximate surface area is 213 Å². The first kappa shape index (κ1) is 26.1. The van der Waals surface area contributed by atoms with E-state index in [9.17, 15) is 18.0 Å². The van der Waals surface area contributed by atoms with Gasteiger partial charge in [0.15, 0.2) is 0 Å². The zero-order chi connectivity index (χ0) is 26.4. The van der Waals surface area contributed by atoms with Crippen molar-refractivity contribution in [1.82, 2.24) is 9.80 Å². The highest BCUT2D eigenvalue weighted by Crippen LogP contribution is 2.34. The van der Waals surface area contributed by atoms with Gasteiger partial charge in [-0.2, -0.15) is 13.2 Å². The molecule has 0 unspecified atom stereocenters. The van der Waals surface area contributed by atoms with Crippen molar-refractivity contribution in [3.05, 3.63) is 72.4 Å². The van der Waals surface area contributed by atoms with E-state index >= 15 is 0 Å². The summed E-state index contributed by atoms with van der Waals surface area (Å²) in [6.07, 6.45) is -2.79. The molecule has 1 fully saturated rings. The summed E-state index contributed by atoms with van der Waals surface area (Å²) in [6, 6.07) is 16.0. The van der Waals surface area contributed by atoms with E-state index in [2.05, 4.69) is 37.5 Å². The average molecular weight is 513 g/mol. The number of amides is 1. The Morgan fingerprint density at radius 3 is 2.30 bits per heavy atom. The van der Waals surface area contributed by atoms with Crippen LogP contribution in [0.1, 0.15) is 5.56 Å². The number of nitrogens with one attached hydrogen (secondary N) is 3. The summed E-state index contributed by atoms with van der Waals surface area (Å²) in [5, 5.41) is 5.44. The number of carbonyl (C=O) groups excluding carboxylic acids is 1. The van der Waals surface area contributed by atoms with Crippen LogP contribution in [-0.4, -0.2) is 61.4 Å². The van der Waals surface area contributed by atoms with Gasteiger partial charge in [0.25, 0.3) is 0 Å². The third-order valence-electron chi connectivity index (χ3n) is 6.00. The Hall–Kier alpha value is -3.96. The molecule has 0 radical (unpaired) electrons. The molecule has 0 atom stereocenters. The number of benzene rings is 2. The minimum atomic E-state index is -4.51. The summed E-state index contributed by atoms with van der Waals surface area (Å²) >= 11 is 0. The van der Waals surface area contributed by atoms with Gasteiger partial charge in [0.1, 0.15) is 0 Å². The normalized spacial score (nSPS) is 15.4. The molecule has 194 valence electrons. The summed E-state index contributed by atoms with van der Waals surface area (Å²) in [6.45, 7) is 4.03. The van der Waals surface area contributed by atoms with Crippen LogP contribution in [0.15, 0.2) is 71.9 Å². The summed E-state index contributed by atoms with van der Waals surface area (Å²) < 4.78 is 39.5. The van der Waals surface area contributed by atoms with E-state index in [1.165, 1.54) is 18.2 Å². The smallest absolute Gasteiger partial charge is 0.348 e. The molecule has 1 aliphatic heterocycles. The predicted molar refractivity (Wildman–Crippen MR) is 137 cm³/mol. The molecule has 3 aromatic rings. The molecule has 1 amide bonds. The van der Waals surface area contributed by atoms with Crippen molar-refractivity contribution in [2.75, 3.05) is 50.4 Å². The molecule has 0 bridgehead atoms. The third-order valence-corrected chi connectivity index (χ3v) is 6.00. The van der Waals surface area contributed by atoms with Crippen molar-refractivity contribution in [3.8, 4) is 11.1 Å². The maximum atomic E-state index is 13.2. The summed E-state index contributed by atoms with van der Waals surface area (Å²) in [4.78, 5) is 23.9. The first-order valence-corrected chi connectivity index (χ1v) is 11.8. The van der Waals surface area contributed by atoms with Gasteiger partial charge < -0.3 is 21.3 Å². The number of aromatic amines is 1. The van der Waals surface area contributed by atoms with Crippen LogP contribution in [0.4, 0.5) is 30.4 Å². The number of H-pyrrole nitrogens is 1. The highest BCUT2D eigenvalue weighted by atomic mass is 19.4. The van der Waals surface area contributed by atoms with Crippen molar-refractivity contribution in [1.29, 1.82) is 0 Å². The van der Waals surface area contributed by atoms with Crippen LogP contribution >= 0.6 is 0 Å². The molecule has 1 saturated heterocycles. The summed E-state index contributed by atoms with van der Waals surface area (Å²) in [5.74, 6) is 0.139. The standard InChI is InChI=1S/C26H28F3N7O/c1-35-12-14-36(15-13-35)17-24(37)32-20-9-6-18(7-10-20)19-8-11-23(31-16-19)34-25(30)33-22-5-3-2-4-21(22)26(27,28)29/h2-11,16H,12-15,17H2,1H3,(H,32,37)(H3,30,31,33,34)/p+1. The van der Waals surface area contributed by atoms with Gasteiger partial charge >= 0.3 is 18.0 Å². The zero-order valence-electron chi connectivity index (χ0n) is 20.3. The molecule has 0 saturated carbocycles. The van der Waals surface area contributed by atoms with Crippen LogP contribution in [0.25, 0.3) is 11.1 Å². The molecule has 4 rings (SSSR count). The Balaban J connectivity index is 1.35. The number of pyridine rings is 1. The molecule has 0 spiro atoms. The average Bonchev–Trinajstić information content (AvgIpc) is 2.86. The fraction of sp³-hybridized carbons (Fsp3) is 0.269. The van der Waals surface area contributed by atoms with Crippen molar-refractivity contribution in [2.24, 2.45) is 10.7 Å². The van der Waals surface area contributed by atoms with Crippen LogP contribution in [-0.2, 0) is 11.0 Å². The van der Waals surface area contributed by atoms with Crippen LogP contribution in [0.5, 0.6) is 0 Å². The molecular formula is C26H29F3N7O+. The monoisotopic (exact) mass is 512 g/mol. The van der Waals surface area contributed by atoms with Crippen LogP contribution in [0.3, 0.4) is 0 Å². The number of rotatable bonds is 6. The number of alkyl halides is 3. The number of likely N-dealkylation sites (N-methyl/N-ethyl adjacent to an activating group) is 1. The third kappa shape index (κ3) is 7.28. The van der Waals surface area contributed by atoms with E-state index < -0.39 is 11.7 Å². The lowest BCUT2D eigenvalue weighted by Crippen LogP contribution is -2.47. The number of carbonyl (C=O) groups is 1. The molecule has 2 aromatic carbocycles. The van der Waals surface area contributed by atoms with Gasteiger partial charge in [0.05, 0.1) is 24.0 Å². The summed E-state index contributed by atoms with van der Waals surface area (Å²) in [5.41, 5.74) is 7.32. The van der Waals surface area contributed by atoms with Gasteiger partial charge in [-0.3, -0.25) is 9.69 Å². The number of piperazine rings is 1. The quantitative estimate of drug-likeness (QED) is 0.347.